The molecule has 4 nitrogen and oxygen atoms in total. The molecule has 0 aromatic carbocycles. The molecule has 0 aromatic heterocycles. The van der Waals surface area contributed by atoms with Crippen molar-refractivity contribution in [3.05, 3.63) is 0 Å². The minimum absolute atomic E-state index is 0.681. The van der Waals surface area contributed by atoms with Gasteiger partial charge in [-0.2, -0.15) is 0 Å². The Morgan fingerprint density at radius 1 is 1.17 bits per heavy atom. The molecule has 0 saturated carbocycles. The van der Waals surface area contributed by atoms with Gasteiger partial charge in [-0.1, -0.05) is 0 Å². The van der Waals surface area contributed by atoms with Crippen molar-refractivity contribution in [2.75, 3.05) is 19.6 Å². The molecule has 0 aliphatic carbocycles. The van der Waals surface area contributed by atoms with Gasteiger partial charge in [0.15, 0.2) is 0 Å². The molecule has 0 rings (SSSR count). The van der Waals surface area contributed by atoms with Crippen molar-refractivity contribution in [3.8, 4) is 0 Å². The quantitative estimate of drug-likeness (QED) is 0.607. The Labute approximate surface area is 73.9 Å². The van der Waals surface area contributed by atoms with Crippen LogP contribution in [0.2, 0.25) is 0 Å². The number of nitrogens with one attached hydrogen (secondary N) is 1. The summed E-state index contributed by atoms with van der Waals surface area (Å²) in [7, 11) is 0. The smallest absolute Gasteiger partial charge is 0.209 e. The molecular formula is C8H18N2O2. The van der Waals surface area contributed by atoms with E-state index in [1.807, 2.05) is 20.8 Å². The van der Waals surface area contributed by atoms with Gasteiger partial charge in [0.25, 0.3) is 0 Å². The van der Waals surface area contributed by atoms with E-state index in [4.69, 9.17) is 0 Å². The fraction of sp³-hybridized carbons (Fsp3) is 0.750. The molecule has 0 radical (unpaired) electrons. The van der Waals surface area contributed by atoms with E-state index in [2.05, 4.69) is 5.32 Å². The normalized spacial score (nSPS) is 7.58. The van der Waals surface area contributed by atoms with Crippen LogP contribution in [-0.2, 0) is 9.59 Å². The van der Waals surface area contributed by atoms with Crippen LogP contribution in [0.3, 0.4) is 0 Å². The Morgan fingerprint density at radius 3 is 1.67 bits per heavy atom. The van der Waals surface area contributed by atoms with Crippen LogP contribution in [-0.4, -0.2) is 37.4 Å². The summed E-state index contributed by atoms with van der Waals surface area (Å²) in [6.45, 7) is 8.15. The molecule has 0 bridgehead atoms. The molecule has 0 aliphatic rings. The molecule has 0 aliphatic heterocycles. The van der Waals surface area contributed by atoms with Gasteiger partial charge in [-0.05, 0) is 20.8 Å². The van der Waals surface area contributed by atoms with Crippen molar-refractivity contribution in [1.82, 2.24) is 10.2 Å². The molecule has 0 spiro atoms. The van der Waals surface area contributed by atoms with E-state index in [1.54, 1.807) is 4.90 Å². The average Bonchev–Trinajstić information content (AvgIpc) is 2.10. The lowest BCUT2D eigenvalue weighted by molar-refractivity contribution is -0.117. The minimum Gasteiger partial charge on any atom is -0.359 e. The number of hydrogen-bond acceptors (Lipinski definition) is 2. The van der Waals surface area contributed by atoms with Gasteiger partial charge in [0.1, 0.15) is 0 Å². The van der Waals surface area contributed by atoms with E-state index >= 15 is 0 Å². The number of hydrogen-bond donors (Lipinski definition) is 1. The summed E-state index contributed by atoms with van der Waals surface area (Å²) in [4.78, 5) is 20.9. The Kier molecular flexibility index (Phi) is 14.2. The molecule has 1 N–H and O–H groups in total. The van der Waals surface area contributed by atoms with Crippen LogP contribution in [0.15, 0.2) is 0 Å². The number of amides is 2. The second kappa shape index (κ2) is 12.6. The van der Waals surface area contributed by atoms with E-state index in [-0.39, 0.29) is 0 Å². The first-order chi connectivity index (χ1) is 5.76. The van der Waals surface area contributed by atoms with Crippen molar-refractivity contribution in [3.63, 3.8) is 0 Å². The highest BCUT2D eigenvalue weighted by atomic mass is 16.1. The SMILES string of the molecule is CCN(C=O)CC.CCNC=O. The Hall–Kier alpha value is -1.06. The van der Waals surface area contributed by atoms with E-state index in [0.29, 0.717) is 6.41 Å². The largest absolute Gasteiger partial charge is 0.359 e. The van der Waals surface area contributed by atoms with Crippen molar-refractivity contribution >= 4 is 12.8 Å². The summed E-state index contributed by atoms with van der Waals surface area (Å²) in [5, 5.41) is 2.43. The molecule has 0 fully saturated rings. The second-order valence-corrected chi connectivity index (χ2v) is 2.00. The van der Waals surface area contributed by atoms with Gasteiger partial charge >= 0.3 is 0 Å². The highest BCUT2D eigenvalue weighted by Crippen LogP contribution is 1.75. The average molecular weight is 174 g/mol. The van der Waals surface area contributed by atoms with Crippen LogP contribution >= 0.6 is 0 Å². The molecule has 0 saturated heterocycles. The summed E-state index contributed by atoms with van der Waals surface area (Å²) in [6, 6.07) is 0. The number of nitrogens with zero attached hydrogens (tertiary/aromatic N) is 1. The minimum atomic E-state index is 0.681. The van der Waals surface area contributed by atoms with Crippen LogP contribution in [0.25, 0.3) is 0 Å². The lowest BCUT2D eigenvalue weighted by atomic mass is 10.6. The highest BCUT2D eigenvalue weighted by molar-refractivity contribution is 5.46. The molecule has 2 amide bonds. The zero-order valence-corrected chi connectivity index (χ0v) is 8.04. The van der Waals surface area contributed by atoms with Crippen molar-refractivity contribution < 1.29 is 9.59 Å². The Balaban J connectivity index is 0. The fourth-order valence-corrected chi connectivity index (χ4v) is 0.456. The first kappa shape index (κ1) is 13.5. The first-order valence-electron chi connectivity index (χ1n) is 4.13. The maximum atomic E-state index is 9.89. The summed E-state index contributed by atoms with van der Waals surface area (Å²) < 4.78 is 0. The van der Waals surface area contributed by atoms with Crippen LogP contribution in [0.4, 0.5) is 0 Å². The summed E-state index contributed by atoms with van der Waals surface area (Å²) in [5.41, 5.74) is 0. The predicted octanol–water partition coefficient (Wildman–Crippen LogP) is 0.237. The van der Waals surface area contributed by atoms with Gasteiger partial charge in [-0.3, -0.25) is 9.59 Å². The summed E-state index contributed by atoms with van der Waals surface area (Å²) >= 11 is 0. The van der Waals surface area contributed by atoms with Gasteiger partial charge in [0.05, 0.1) is 0 Å². The lowest BCUT2D eigenvalue weighted by Gasteiger charge is -2.08. The summed E-state index contributed by atoms with van der Waals surface area (Å²) in [5.74, 6) is 0. The third kappa shape index (κ3) is 11.7. The van der Waals surface area contributed by atoms with Gasteiger partial charge in [-0.25, -0.2) is 0 Å². The molecule has 0 aromatic rings. The van der Waals surface area contributed by atoms with Gasteiger partial charge in [-0.15, -0.1) is 0 Å². The maximum Gasteiger partial charge on any atom is 0.209 e. The predicted molar refractivity (Wildman–Crippen MR) is 48.7 cm³/mol. The van der Waals surface area contributed by atoms with E-state index in [0.717, 1.165) is 26.0 Å². The lowest BCUT2D eigenvalue weighted by Crippen LogP contribution is -2.19. The highest BCUT2D eigenvalue weighted by Gasteiger charge is 1.87. The number of carbonyl (C=O) groups excluding carboxylic acids is 2. The van der Waals surface area contributed by atoms with Crippen molar-refractivity contribution in [2.24, 2.45) is 0 Å². The van der Waals surface area contributed by atoms with Crippen molar-refractivity contribution in [2.45, 2.75) is 20.8 Å². The number of carbonyl (C=O) groups is 2. The fourth-order valence-electron chi connectivity index (χ4n) is 0.456. The topological polar surface area (TPSA) is 49.4 Å². The van der Waals surface area contributed by atoms with Crippen LogP contribution in [0, 0.1) is 0 Å². The third-order valence-electron chi connectivity index (χ3n) is 1.25. The van der Waals surface area contributed by atoms with Crippen LogP contribution in [0.1, 0.15) is 20.8 Å². The molecule has 0 heterocycles. The van der Waals surface area contributed by atoms with Crippen LogP contribution in [0.5, 0.6) is 0 Å². The zero-order valence-electron chi connectivity index (χ0n) is 8.04. The van der Waals surface area contributed by atoms with E-state index in [1.165, 1.54) is 0 Å². The first-order valence-corrected chi connectivity index (χ1v) is 4.13. The molecule has 12 heavy (non-hydrogen) atoms. The van der Waals surface area contributed by atoms with Gasteiger partial charge < -0.3 is 10.2 Å². The molecule has 4 heteroatoms. The molecule has 0 unspecified atom stereocenters. The van der Waals surface area contributed by atoms with Crippen molar-refractivity contribution in [1.29, 1.82) is 0 Å². The van der Waals surface area contributed by atoms with E-state index < -0.39 is 0 Å². The Bertz CT molecular complexity index is 103. The summed E-state index contributed by atoms with van der Waals surface area (Å²) in [6.07, 6.45) is 1.54. The van der Waals surface area contributed by atoms with Crippen LogP contribution < -0.4 is 5.32 Å². The van der Waals surface area contributed by atoms with E-state index in [9.17, 15) is 9.59 Å². The van der Waals surface area contributed by atoms with Gasteiger partial charge in [0.2, 0.25) is 12.8 Å². The van der Waals surface area contributed by atoms with Gasteiger partial charge in [0, 0.05) is 19.6 Å². The monoisotopic (exact) mass is 174 g/mol. The third-order valence-corrected chi connectivity index (χ3v) is 1.25. The standard InChI is InChI=1S/C5H11NO.C3H7NO/c1-3-6(4-2)5-7;1-2-4-3-5/h5H,3-4H2,1-2H3;3H,2H2,1H3,(H,4,5). The molecule has 0 atom stereocenters. The second-order valence-electron chi connectivity index (χ2n) is 2.00. The molecular weight excluding hydrogens is 156 g/mol. The maximum absolute atomic E-state index is 9.89. The number of rotatable bonds is 5. The zero-order chi connectivity index (χ0) is 9.82. The molecule has 72 valence electrons. The Morgan fingerprint density at radius 2 is 1.67 bits per heavy atom.